The van der Waals surface area contributed by atoms with E-state index in [2.05, 4.69) is 0 Å². The molecule has 0 aliphatic carbocycles. The van der Waals surface area contributed by atoms with Crippen LogP contribution in [0.3, 0.4) is 0 Å². The molecule has 1 atom stereocenters. The lowest BCUT2D eigenvalue weighted by Crippen LogP contribution is -2.10. The van der Waals surface area contributed by atoms with Gasteiger partial charge in [0.05, 0.1) is 12.9 Å². The molecule has 1 N–H and O–H groups in total. The van der Waals surface area contributed by atoms with Gasteiger partial charge in [-0.05, 0) is 37.5 Å². The zero-order valence-corrected chi connectivity index (χ0v) is 6.79. The summed E-state index contributed by atoms with van der Waals surface area (Å²) >= 11 is 0. The standard InChI is InChI=1S/C9H14O2/c1-8(7-10)6-9-4-2-3-5-11-9/h3,5-6,9-10H,2,4,7H2,1H3. The van der Waals surface area contributed by atoms with Crippen molar-refractivity contribution in [3.63, 3.8) is 0 Å². The number of allylic oxidation sites excluding steroid dienone is 1. The molecule has 1 aliphatic heterocycles. The van der Waals surface area contributed by atoms with Crippen molar-refractivity contribution in [2.24, 2.45) is 0 Å². The Balaban J connectivity index is 2.42. The molecular formula is C9H14O2. The van der Waals surface area contributed by atoms with E-state index in [1.165, 1.54) is 0 Å². The zero-order chi connectivity index (χ0) is 8.10. The quantitative estimate of drug-likeness (QED) is 0.612. The van der Waals surface area contributed by atoms with Crippen molar-refractivity contribution in [2.45, 2.75) is 25.9 Å². The lowest BCUT2D eigenvalue weighted by atomic mass is 10.1. The van der Waals surface area contributed by atoms with Crippen LogP contribution in [0, 0.1) is 0 Å². The molecule has 2 nitrogen and oxygen atoms in total. The minimum Gasteiger partial charge on any atom is -0.494 e. The van der Waals surface area contributed by atoms with Crippen LogP contribution >= 0.6 is 0 Å². The molecule has 0 saturated carbocycles. The molecule has 1 unspecified atom stereocenters. The molecule has 62 valence electrons. The zero-order valence-electron chi connectivity index (χ0n) is 6.79. The number of hydrogen-bond acceptors (Lipinski definition) is 2. The highest BCUT2D eigenvalue weighted by Crippen LogP contribution is 2.12. The largest absolute Gasteiger partial charge is 0.494 e. The van der Waals surface area contributed by atoms with E-state index in [9.17, 15) is 0 Å². The van der Waals surface area contributed by atoms with Gasteiger partial charge in [-0.2, -0.15) is 0 Å². The lowest BCUT2D eigenvalue weighted by Gasteiger charge is -2.16. The van der Waals surface area contributed by atoms with Gasteiger partial charge in [-0.25, -0.2) is 0 Å². The fourth-order valence-corrected chi connectivity index (χ4v) is 1.05. The minimum absolute atomic E-state index is 0.129. The molecule has 11 heavy (non-hydrogen) atoms. The van der Waals surface area contributed by atoms with Crippen LogP contribution in [0.25, 0.3) is 0 Å². The van der Waals surface area contributed by atoms with E-state index in [0.717, 1.165) is 18.4 Å². The number of ether oxygens (including phenoxy) is 1. The van der Waals surface area contributed by atoms with E-state index in [0.29, 0.717) is 0 Å². The molecule has 2 heteroatoms. The Hall–Kier alpha value is -0.760. The van der Waals surface area contributed by atoms with Gasteiger partial charge in [-0.3, -0.25) is 0 Å². The van der Waals surface area contributed by atoms with Crippen molar-refractivity contribution in [1.82, 2.24) is 0 Å². The minimum atomic E-state index is 0.129. The summed E-state index contributed by atoms with van der Waals surface area (Å²) in [5.74, 6) is 0. The molecule has 0 saturated heterocycles. The summed E-state index contributed by atoms with van der Waals surface area (Å²) in [5.41, 5.74) is 0.977. The van der Waals surface area contributed by atoms with Crippen LogP contribution in [0.5, 0.6) is 0 Å². The van der Waals surface area contributed by atoms with E-state index >= 15 is 0 Å². The van der Waals surface area contributed by atoms with E-state index in [1.54, 1.807) is 6.26 Å². The summed E-state index contributed by atoms with van der Waals surface area (Å²) in [7, 11) is 0. The summed E-state index contributed by atoms with van der Waals surface area (Å²) in [6.45, 7) is 2.03. The van der Waals surface area contributed by atoms with Gasteiger partial charge in [0.1, 0.15) is 6.10 Å². The predicted molar refractivity (Wildman–Crippen MR) is 44.1 cm³/mol. The third kappa shape index (κ3) is 2.76. The summed E-state index contributed by atoms with van der Waals surface area (Å²) in [6, 6.07) is 0. The van der Waals surface area contributed by atoms with Gasteiger partial charge >= 0.3 is 0 Å². The number of hydrogen-bond donors (Lipinski definition) is 1. The summed E-state index contributed by atoms with van der Waals surface area (Å²) in [4.78, 5) is 0. The molecule has 0 spiro atoms. The summed E-state index contributed by atoms with van der Waals surface area (Å²) in [5, 5.41) is 8.72. The smallest absolute Gasteiger partial charge is 0.117 e. The highest BCUT2D eigenvalue weighted by Gasteiger charge is 2.06. The van der Waals surface area contributed by atoms with Gasteiger partial charge in [-0.15, -0.1) is 0 Å². The van der Waals surface area contributed by atoms with Crippen molar-refractivity contribution < 1.29 is 9.84 Å². The van der Waals surface area contributed by atoms with Crippen LogP contribution in [-0.4, -0.2) is 17.8 Å². The fourth-order valence-electron chi connectivity index (χ4n) is 1.05. The van der Waals surface area contributed by atoms with Crippen LogP contribution in [0.1, 0.15) is 19.8 Å². The maximum atomic E-state index is 8.72. The molecule has 1 rings (SSSR count). The maximum absolute atomic E-state index is 8.72. The Bertz CT molecular complexity index is 170. The predicted octanol–water partition coefficient (Wildman–Crippen LogP) is 1.62. The maximum Gasteiger partial charge on any atom is 0.117 e. The van der Waals surface area contributed by atoms with Crippen molar-refractivity contribution in [2.75, 3.05) is 6.61 Å². The van der Waals surface area contributed by atoms with E-state index in [4.69, 9.17) is 9.84 Å². The van der Waals surface area contributed by atoms with Gasteiger partial charge in [0.2, 0.25) is 0 Å². The Morgan fingerprint density at radius 2 is 2.64 bits per heavy atom. The third-order valence-corrected chi connectivity index (χ3v) is 1.69. The Labute approximate surface area is 67.2 Å². The van der Waals surface area contributed by atoms with Crippen molar-refractivity contribution >= 4 is 0 Å². The first kappa shape index (κ1) is 8.34. The highest BCUT2D eigenvalue weighted by atomic mass is 16.5. The van der Waals surface area contributed by atoms with Crippen molar-refractivity contribution in [3.8, 4) is 0 Å². The van der Waals surface area contributed by atoms with Gasteiger partial charge in [0, 0.05) is 0 Å². The Morgan fingerprint density at radius 1 is 1.82 bits per heavy atom. The molecule has 0 fully saturated rings. The molecule has 0 aromatic rings. The number of aliphatic hydroxyl groups is 1. The first-order chi connectivity index (χ1) is 5.33. The first-order valence-electron chi connectivity index (χ1n) is 3.91. The van der Waals surface area contributed by atoms with E-state index < -0.39 is 0 Å². The third-order valence-electron chi connectivity index (χ3n) is 1.69. The van der Waals surface area contributed by atoms with Crippen LogP contribution in [0.4, 0.5) is 0 Å². The second kappa shape index (κ2) is 4.19. The van der Waals surface area contributed by atoms with Crippen LogP contribution in [-0.2, 0) is 4.74 Å². The van der Waals surface area contributed by atoms with Gasteiger partial charge in [0.15, 0.2) is 0 Å². The summed E-state index contributed by atoms with van der Waals surface area (Å²) < 4.78 is 5.28. The number of rotatable bonds is 2. The average molecular weight is 154 g/mol. The monoisotopic (exact) mass is 154 g/mol. The fraction of sp³-hybridized carbons (Fsp3) is 0.556. The molecule has 0 aromatic carbocycles. The lowest BCUT2D eigenvalue weighted by molar-refractivity contribution is 0.163. The van der Waals surface area contributed by atoms with Gasteiger partial charge in [-0.1, -0.05) is 0 Å². The van der Waals surface area contributed by atoms with Crippen molar-refractivity contribution in [1.29, 1.82) is 0 Å². The van der Waals surface area contributed by atoms with Gasteiger partial charge < -0.3 is 9.84 Å². The van der Waals surface area contributed by atoms with Crippen LogP contribution in [0.2, 0.25) is 0 Å². The van der Waals surface area contributed by atoms with Crippen molar-refractivity contribution in [3.05, 3.63) is 24.0 Å². The van der Waals surface area contributed by atoms with Crippen LogP contribution < -0.4 is 0 Å². The molecule has 1 aliphatic rings. The van der Waals surface area contributed by atoms with Gasteiger partial charge in [0.25, 0.3) is 0 Å². The highest BCUT2D eigenvalue weighted by molar-refractivity contribution is 5.04. The SMILES string of the molecule is CC(=CC1CCC=CO1)CO. The van der Waals surface area contributed by atoms with E-state index in [1.807, 2.05) is 19.1 Å². The topological polar surface area (TPSA) is 29.5 Å². The average Bonchev–Trinajstić information content (AvgIpc) is 2.06. The second-order valence-corrected chi connectivity index (χ2v) is 2.79. The Kier molecular flexibility index (Phi) is 3.17. The molecule has 0 bridgehead atoms. The van der Waals surface area contributed by atoms with E-state index in [-0.39, 0.29) is 12.7 Å². The van der Waals surface area contributed by atoms with Crippen LogP contribution in [0.15, 0.2) is 24.0 Å². The normalized spacial score (nSPS) is 24.9. The summed E-state index contributed by atoms with van der Waals surface area (Å²) in [6.07, 6.45) is 7.98. The molecule has 0 radical (unpaired) electrons. The number of aliphatic hydroxyl groups excluding tert-OH is 1. The molecule has 0 aromatic heterocycles. The Morgan fingerprint density at radius 3 is 3.18 bits per heavy atom. The second-order valence-electron chi connectivity index (χ2n) is 2.79. The molecule has 0 amide bonds. The molecular weight excluding hydrogens is 140 g/mol. The first-order valence-corrected chi connectivity index (χ1v) is 3.91. The molecule has 1 heterocycles.